The number of nitrogens with one attached hydrogen (secondary N) is 2. The zero-order valence-electron chi connectivity index (χ0n) is 24.8. The largest absolute Gasteiger partial charge is 0.378 e. The Morgan fingerprint density at radius 3 is 2.51 bits per heavy atom. The van der Waals surface area contributed by atoms with Crippen LogP contribution in [0.3, 0.4) is 0 Å². The lowest BCUT2D eigenvalue weighted by atomic mass is 9.78. The van der Waals surface area contributed by atoms with Crippen LogP contribution in [0.1, 0.15) is 64.9 Å². The van der Waals surface area contributed by atoms with Gasteiger partial charge < -0.3 is 15.5 Å². The number of aromatic nitrogens is 2. The van der Waals surface area contributed by atoms with Crippen LogP contribution in [-0.4, -0.2) is 45.0 Å². The highest BCUT2D eigenvalue weighted by Crippen LogP contribution is 2.52. The maximum Gasteiger partial charge on any atom is 0.251 e. The highest BCUT2D eigenvalue weighted by Gasteiger charge is 2.51. The fourth-order valence-corrected chi connectivity index (χ4v) is 7.34. The Kier molecular flexibility index (Phi) is 7.38. The van der Waals surface area contributed by atoms with E-state index < -0.39 is 54.4 Å². The van der Waals surface area contributed by atoms with Crippen LogP contribution in [0.5, 0.6) is 0 Å². The van der Waals surface area contributed by atoms with Crippen molar-refractivity contribution in [1.29, 1.82) is 0 Å². The molecule has 2 N–H and O–H groups in total. The zero-order chi connectivity index (χ0) is 31.3. The molecule has 1 aromatic heterocycles. The first-order valence-electron chi connectivity index (χ1n) is 15.4. The molecule has 3 heterocycles. The standard InChI is InChI=1S/C35H34F3N5O2/c1-21-14-18-43(41-21)25-10-7-23(8-11-25)33(44)40-30-13-16-35(37,38)20-28(30)34(45)42-17-15-26-31(22-5-3-2-4-6-22)39-29-12-9-24(36)19-27(29)32(26)42/h2-12,14,18-19,26,28,30-32,39H,13,15-17,20H2,1H3,(H,40,44)/t26-,28+,30-,31+,32-/m1/s1. The van der Waals surface area contributed by atoms with Gasteiger partial charge in [-0.15, -0.1) is 0 Å². The zero-order valence-corrected chi connectivity index (χ0v) is 24.8. The van der Waals surface area contributed by atoms with Gasteiger partial charge in [-0.3, -0.25) is 9.59 Å². The highest BCUT2D eigenvalue weighted by molar-refractivity contribution is 5.95. The van der Waals surface area contributed by atoms with Crippen LogP contribution in [0.4, 0.5) is 18.9 Å². The fourth-order valence-electron chi connectivity index (χ4n) is 7.34. The molecular weight excluding hydrogens is 579 g/mol. The number of nitrogens with zero attached hydrogens (tertiary/aromatic N) is 3. The predicted octanol–water partition coefficient (Wildman–Crippen LogP) is 6.61. The lowest BCUT2D eigenvalue weighted by Gasteiger charge is -2.42. The van der Waals surface area contributed by atoms with Crippen LogP contribution in [0, 0.1) is 24.6 Å². The molecule has 1 saturated carbocycles. The van der Waals surface area contributed by atoms with E-state index in [9.17, 15) is 22.8 Å². The molecule has 0 bridgehead atoms. The summed E-state index contributed by atoms with van der Waals surface area (Å²) < 4.78 is 46.1. The number of hydrogen-bond acceptors (Lipinski definition) is 4. The number of rotatable bonds is 5. The topological polar surface area (TPSA) is 79.3 Å². The van der Waals surface area contributed by atoms with Crippen molar-refractivity contribution in [2.24, 2.45) is 11.8 Å². The average Bonchev–Trinajstić information content (AvgIpc) is 3.69. The summed E-state index contributed by atoms with van der Waals surface area (Å²) in [7, 11) is 0. The molecule has 5 atom stereocenters. The van der Waals surface area contributed by atoms with Gasteiger partial charge in [0.2, 0.25) is 11.8 Å². The van der Waals surface area contributed by atoms with Crippen molar-refractivity contribution in [3.63, 3.8) is 0 Å². The number of aryl methyl sites for hydroxylation is 1. The van der Waals surface area contributed by atoms with Crippen LogP contribution in [0.15, 0.2) is 85.1 Å². The Morgan fingerprint density at radius 1 is 1.00 bits per heavy atom. The molecule has 0 unspecified atom stereocenters. The molecule has 3 aliphatic rings. The molecule has 1 aliphatic carbocycles. The van der Waals surface area contributed by atoms with Crippen molar-refractivity contribution in [2.75, 3.05) is 11.9 Å². The third-order valence-corrected chi connectivity index (χ3v) is 9.53. The Morgan fingerprint density at radius 2 is 1.78 bits per heavy atom. The predicted molar refractivity (Wildman–Crippen MR) is 164 cm³/mol. The normalized spacial score (nSPS) is 25.2. The third kappa shape index (κ3) is 5.58. The highest BCUT2D eigenvalue weighted by atomic mass is 19.3. The van der Waals surface area contributed by atoms with Crippen LogP contribution in [-0.2, 0) is 4.79 Å². The number of carbonyl (C=O) groups excluding carboxylic acids is 2. The molecule has 2 aliphatic heterocycles. The Labute approximate surface area is 259 Å². The number of alkyl halides is 2. The molecule has 0 spiro atoms. The average molecular weight is 614 g/mol. The summed E-state index contributed by atoms with van der Waals surface area (Å²) in [6.07, 6.45) is 1.35. The van der Waals surface area contributed by atoms with E-state index >= 15 is 0 Å². The quantitative estimate of drug-likeness (QED) is 0.266. The molecule has 0 radical (unpaired) electrons. The SMILES string of the molecule is Cc1ccn(-c2ccc(C(=O)N[C@@H]3CCC(F)(F)C[C@@H]3C(=O)N3CC[C@@H]4[C@H](c5ccccc5)Nc5ccc(F)cc5[C@@H]43)cc2)n1. The molecular formula is C35H34F3N5O2. The summed E-state index contributed by atoms with van der Waals surface area (Å²) in [5.74, 6) is -5.52. The minimum Gasteiger partial charge on any atom is -0.378 e. The van der Waals surface area contributed by atoms with Crippen LogP contribution < -0.4 is 10.6 Å². The van der Waals surface area contributed by atoms with Crippen molar-refractivity contribution in [3.05, 3.63) is 113 Å². The maximum atomic E-state index is 14.9. The van der Waals surface area contributed by atoms with Gasteiger partial charge in [-0.1, -0.05) is 30.3 Å². The molecule has 232 valence electrons. The number of amides is 2. The van der Waals surface area contributed by atoms with Crippen molar-refractivity contribution < 1.29 is 22.8 Å². The molecule has 7 nitrogen and oxygen atoms in total. The Balaban J connectivity index is 1.15. The number of fused-ring (bicyclic) bond motifs is 3. The number of halogens is 3. The van der Waals surface area contributed by atoms with Crippen molar-refractivity contribution >= 4 is 17.5 Å². The van der Waals surface area contributed by atoms with Gasteiger partial charge in [0.15, 0.2) is 0 Å². The smallest absolute Gasteiger partial charge is 0.251 e. The minimum atomic E-state index is -3.03. The first-order chi connectivity index (χ1) is 21.7. The molecule has 3 aromatic carbocycles. The minimum absolute atomic E-state index is 0.0266. The van der Waals surface area contributed by atoms with E-state index in [1.165, 1.54) is 12.1 Å². The molecule has 7 rings (SSSR count). The molecule has 1 saturated heterocycles. The number of carbonyl (C=O) groups is 2. The number of anilines is 1. The first kappa shape index (κ1) is 29.1. The molecule has 2 amide bonds. The van der Waals surface area contributed by atoms with E-state index in [0.29, 0.717) is 24.1 Å². The van der Waals surface area contributed by atoms with Crippen LogP contribution in [0.25, 0.3) is 5.69 Å². The second-order valence-corrected chi connectivity index (χ2v) is 12.4. The second kappa shape index (κ2) is 11.4. The van der Waals surface area contributed by atoms with Gasteiger partial charge in [0, 0.05) is 54.4 Å². The number of benzene rings is 3. The number of likely N-dealkylation sites (tertiary alicyclic amines) is 1. The summed E-state index contributed by atoms with van der Waals surface area (Å²) in [5.41, 5.74) is 4.41. The molecule has 45 heavy (non-hydrogen) atoms. The van der Waals surface area contributed by atoms with Gasteiger partial charge in [0.1, 0.15) is 5.82 Å². The molecule has 10 heteroatoms. The van der Waals surface area contributed by atoms with E-state index in [2.05, 4.69) is 15.7 Å². The van der Waals surface area contributed by atoms with Gasteiger partial charge in [-0.05, 0) is 73.9 Å². The van der Waals surface area contributed by atoms with Crippen LogP contribution in [0.2, 0.25) is 0 Å². The van der Waals surface area contributed by atoms with Crippen molar-refractivity contribution in [3.8, 4) is 5.69 Å². The lowest BCUT2D eigenvalue weighted by Crippen LogP contribution is -2.53. The van der Waals surface area contributed by atoms with Gasteiger partial charge in [0.25, 0.3) is 5.91 Å². The Bertz CT molecular complexity index is 1720. The fraction of sp³-hybridized carbons (Fsp3) is 0.343. The van der Waals surface area contributed by atoms with Gasteiger partial charge in [-0.25, -0.2) is 17.9 Å². The van der Waals surface area contributed by atoms with E-state index in [4.69, 9.17) is 0 Å². The maximum absolute atomic E-state index is 14.9. The van der Waals surface area contributed by atoms with Gasteiger partial charge in [0.05, 0.1) is 29.4 Å². The first-order valence-corrected chi connectivity index (χ1v) is 15.4. The summed E-state index contributed by atoms with van der Waals surface area (Å²) in [6.45, 7) is 2.24. The van der Waals surface area contributed by atoms with Crippen LogP contribution >= 0.6 is 0 Å². The summed E-state index contributed by atoms with van der Waals surface area (Å²) in [5, 5.41) is 10.8. The lowest BCUT2D eigenvalue weighted by molar-refractivity contribution is -0.146. The second-order valence-electron chi connectivity index (χ2n) is 12.4. The summed E-state index contributed by atoms with van der Waals surface area (Å²) >= 11 is 0. The summed E-state index contributed by atoms with van der Waals surface area (Å²) in [6, 6.07) is 21.7. The van der Waals surface area contributed by atoms with Gasteiger partial charge in [-0.2, -0.15) is 5.10 Å². The number of hydrogen-bond donors (Lipinski definition) is 2. The summed E-state index contributed by atoms with van der Waals surface area (Å²) in [4.78, 5) is 29.3. The molecule has 4 aromatic rings. The van der Waals surface area contributed by atoms with E-state index in [-0.39, 0.29) is 18.4 Å². The van der Waals surface area contributed by atoms with Crippen molar-refractivity contribution in [1.82, 2.24) is 20.0 Å². The van der Waals surface area contributed by atoms with Gasteiger partial charge >= 0.3 is 0 Å². The third-order valence-electron chi connectivity index (χ3n) is 9.53. The van der Waals surface area contributed by atoms with E-state index in [1.54, 1.807) is 39.9 Å². The van der Waals surface area contributed by atoms with E-state index in [0.717, 1.165) is 22.6 Å². The molecule has 2 fully saturated rings. The van der Waals surface area contributed by atoms with E-state index in [1.807, 2.05) is 49.5 Å². The van der Waals surface area contributed by atoms with Crippen molar-refractivity contribution in [2.45, 2.75) is 56.7 Å². The monoisotopic (exact) mass is 613 g/mol. The Hall–Kier alpha value is -4.60.